The first-order valence-electron chi connectivity index (χ1n) is 6.46. The van der Waals surface area contributed by atoms with E-state index in [0.29, 0.717) is 6.42 Å². The lowest BCUT2D eigenvalue weighted by Crippen LogP contribution is -2.41. The van der Waals surface area contributed by atoms with Gasteiger partial charge in [0.1, 0.15) is 10.9 Å². The van der Waals surface area contributed by atoms with Gasteiger partial charge in [0.25, 0.3) is 0 Å². The van der Waals surface area contributed by atoms with E-state index < -0.39 is 32.9 Å². The lowest BCUT2D eigenvalue weighted by Gasteiger charge is -2.16. The zero-order valence-corrected chi connectivity index (χ0v) is 14.6. The van der Waals surface area contributed by atoms with E-state index in [9.17, 15) is 18.0 Å². The predicted octanol–water partition coefficient (Wildman–Crippen LogP) is 2.31. The number of sulfonamides is 1. The Kier molecular flexibility index (Phi) is 6.82. The number of halogens is 2. The van der Waals surface area contributed by atoms with Crippen LogP contribution >= 0.6 is 23.2 Å². The number of carboxylic acids is 1. The first kappa shape index (κ1) is 19.7. The smallest absolute Gasteiger partial charge is 0.339 e. The molecule has 128 valence electrons. The Hall–Kier alpha value is -1.35. The summed E-state index contributed by atoms with van der Waals surface area (Å²) in [7, 11) is -3.31. The third-order valence-electron chi connectivity index (χ3n) is 2.86. The van der Waals surface area contributed by atoms with Crippen molar-refractivity contribution >= 4 is 45.2 Å². The molecule has 0 radical (unpaired) electrons. The van der Waals surface area contributed by atoms with Gasteiger partial charge in [-0.3, -0.25) is 4.79 Å². The molecule has 1 rings (SSSR count). The molecular weight excluding hydrogens is 369 g/mol. The average molecular weight is 384 g/mol. The number of methoxy groups -OCH3 is 1. The molecule has 0 fully saturated rings. The molecule has 0 aliphatic heterocycles. The molecule has 1 aromatic carbocycles. The van der Waals surface area contributed by atoms with Crippen molar-refractivity contribution in [2.75, 3.05) is 7.11 Å². The van der Waals surface area contributed by atoms with Crippen molar-refractivity contribution in [3.8, 4) is 0 Å². The summed E-state index contributed by atoms with van der Waals surface area (Å²) in [5, 5.41) is 8.81. The van der Waals surface area contributed by atoms with Crippen LogP contribution in [0.25, 0.3) is 0 Å². The lowest BCUT2D eigenvalue weighted by molar-refractivity contribution is -0.139. The van der Waals surface area contributed by atoms with E-state index in [0.717, 1.165) is 19.2 Å². The highest BCUT2D eigenvalue weighted by molar-refractivity contribution is 7.89. The van der Waals surface area contributed by atoms with Crippen LogP contribution in [-0.2, 0) is 19.6 Å². The Morgan fingerprint density at radius 2 is 1.96 bits per heavy atom. The maximum Gasteiger partial charge on any atom is 0.339 e. The van der Waals surface area contributed by atoms with Crippen LogP contribution < -0.4 is 4.72 Å². The number of benzene rings is 1. The minimum atomic E-state index is -4.38. The van der Waals surface area contributed by atoms with Crippen LogP contribution in [0.5, 0.6) is 0 Å². The van der Waals surface area contributed by atoms with E-state index in [-0.39, 0.29) is 22.0 Å². The van der Waals surface area contributed by atoms with Crippen LogP contribution in [0, 0.1) is 0 Å². The molecule has 0 aromatic heterocycles. The number of hydrogen-bond donors (Lipinski definition) is 2. The van der Waals surface area contributed by atoms with E-state index in [2.05, 4.69) is 4.74 Å². The number of ether oxygens (including phenoxy) is 1. The highest BCUT2D eigenvalue weighted by atomic mass is 35.5. The second kappa shape index (κ2) is 7.96. The van der Waals surface area contributed by atoms with Crippen molar-refractivity contribution in [2.45, 2.75) is 30.7 Å². The number of carboxylic acid groups (broad SMARTS) is 1. The molecule has 0 amide bonds. The van der Waals surface area contributed by atoms with Gasteiger partial charge in [0.05, 0.1) is 17.7 Å². The quantitative estimate of drug-likeness (QED) is 0.699. The number of nitrogens with one attached hydrogen (secondary N) is 1. The van der Waals surface area contributed by atoms with Gasteiger partial charge in [-0.2, -0.15) is 4.72 Å². The van der Waals surface area contributed by atoms with Gasteiger partial charge in [0, 0.05) is 5.02 Å². The van der Waals surface area contributed by atoms with Gasteiger partial charge in [0.15, 0.2) is 0 Å². The second-order valence-electron chi connectivity index (χ2n) is 4.56. The number of carbonyl (C=O) groups is 2. The summed E-state index contributed by atoms with van der Waals surface area (Å²) in [6, 6.07) is 0.880. The monoisotopic (exact) mass is 383 g/mol. The first-order chi connectivity index (χ1) is 10.6. The molecule has 1 aromatic rings. The second-order valence-corrected chi connectivity index (χ2v) is 7.05. The third kappa shape index (κ3) is 4.81. The molecule has 1 atom stereocenters. The van der Waals surface area contributed by atoms with Gasteiger partial charge in [0.2, 0.25) is 10.0 Å². The first-order valence-corrected chi connectivity index (χ1v) is 8.70. The minimum Gasteiger partial charge on any atom is -0.480 e. The summed E-state index contributed by atoms with van der Waals surface area (Å²) < 4.78 is 31.5. The average Bonchev–Trinajstić information content (AvgIpc) is 2.44. The Balaban J connectivity index is 3.43. The molecule has 7 nitrogen and oxygen atoms in total. The molecule has 10 heteroatoms. The maximum absolute atomic E-state index is 12.5. The summed E-state index contributed by atoms with van der Waals surface area (Å²) in [5.74, 6) is -2.29. The molecular formula is C13H15Cl2NO6S. The third-order valence-corrected chi connectivity index (χ3v) is 5.06. The van der Waals surface area contributed by atoms with Gasteiger partial charge in [-0.25, -0.2) is 13.2 Å². The standard InChI is InChI=1S/C13H15Cl2NO6S/c1-3-4-10(12(17)18)16-23(20,21)11-8(13(19)22-2)5-7(14)6-9(11)15/h5-6,10,16H,3-4H2,1-2H3,(H,17,18). The fourth-order valence-corrected chi connectivity index (χ4v) is 4.12. The van der Waals surface area contributed by atoms with E-state index in [4.69, 9.17) is 28.3 Å². The molecule has 0 aliphatic carbocycles. The van der Waals surface area contributed by atoms with Crippen molar-refractivity contribution in [1.82, 2.24) is 4.72 Å². The number of hydrogen-bond acceptors (Lipinski definition) is 5. The molecule has 0 bridgehead atoms. The minimum absolute atomic E-state index is 0.0395. The summed E-state index contributed by atoms with van der Waals surface area (Å²) in [5.41, 5.74) is -0.377. The molecule has 0 saturated heterocycles. The van der Waals surface area contributed by atoms with Crippen molar-refractivity contribution in [3.63, 3.8) is 0 Å². The summed E-state index contributed by atoms with van der Waals surface area (Å²) in [6.45, 7) is 1.71. The Morgan fingerprint density at radius 1 is 1.35 bits per heavy atom. The maximum atomic E-state index is 12.5. The van der Waals surface area contributed by atoms with Crippen molar-refractivity contribution in [1.29, 1.82) is 0 Å². The fraction of sp³-hybridized carbons (Fsp3) is 0.385. The van der Waals surface area contributed by atoms with Gasteiger partial charge < -0.3 is 9.84 Å². The summed E-state index contributed by atoms with van der Waals surface area (Å²) in [4.78, 5) is 22.4. The number of rotatable bonds is 7. The SMILES string of the molecule is CCCC(NS(=O)(=O)c1c(Cl)cc(Cl)cc1C(=O)OC)C(=O)O. The van der Waals surface area contributed by atoms with E-state index >= 15 is 0 Å². The van der Waals surface area contributed by atoms with Crippen molar-refractivity contribution < 1.29 is 27.9 Å². The molecule has 2 N–H and O–H groups in total. The van der Waals surface area contributed by atoms with E-state index in [1.165, 1.54) is 0 Å². The van der Waals surface area contributed by atoms with Crippen LogP contribution in [0.3, 0.4) is 0 Å². The van der Waals surface area contributed by atoms with Gasteiger partial charge in [-0.05, 0) is 18.6 Å². The van der Waals surface area contributed by atoms with Crippen LogP contribution in [0.4, 0.5) is 0 Å². The number of aliphatic carboxylic acids is 1. The number of carbonyl (C=O) groups excluding carboxylic acids is 1. The topological polar surface area (TPSA) is 110 Å². The molecule has 0 saturated carbocycles. The number of esters is 1. The summed E-state index contributed by atoms with van der Waals surface area (Å²) >= 11 is 11.7. The molecule has 1 unspecified atom stereocenters. The van der Waals surface area contributed by atoms with Crippen molar-refractivity contribution in [3.05, 3.63) is 27.7 Å². The van der Waals surface area contributed by atoms with E-state index in [1.54, 1.807) is 6.92 Å². The van der Waals surface area contributed by atoms with Crippen LogP contribution in [0.2, 0.25) is 10.0 Å². The molecule has 0 spiro atoms. The Bertz CT molecular complexity index is 719. The normalized spacial score (nSPS) is 12.7. The van der Waals surface area contributed by atoms with Crippen molar-refractivity contribution in [2.24, 2.45) is 0 Å². The highest BCUT2D eigenvalue weighted by Gasteiger charge is 2.31. The molecule has 23 heavy (non-hydrogen) atoms. The van der Waals surface area contributed by atoms with Crippen LogP contribution in [0.1, 0.15) is 30.1 Å². The zero-order valence-electron chi connectivity index (χ0n) is 12.3. The molecule has 0 heterocycles. The summed E-state index contributed by atoms with van der Waals surface area (Å²) in [6.07, 6.45) is 0.519. The molecule has 0 aliphatic rings. The zero-order chi connectivity index (χ0) is 17.8. The van der Waals surface area contributed by atoms with E-state index in [1.807, 2.05) is 4.72 Å². The van der Waals surface area contributed by atoms with Gasteiger partial charge >= 0.3 is 11.9 Å². The Labute approximate surface area is 143 Å². The lowest BCUT2D eigenvalue weighted by atomic mass is 10.2. The highest BCUT2D eigenvalue weighted by Crippen LogP contribution is 2.30. The largest absolute Gasteiger partial charge is 0.480 e. The van der Waals surface area contributed by atoms with Gasteiger partial charge in [-0.15, -0.1) is 0 Å². The van der Waals surface area contributed by atoms with Crippen LogP contribution in [0.15, 0.2) is 17.0 Å². The van der Waals surface area contributed by atoms with Crippen LogP contribution in [-0.4, -0.2) is 38.6 Å². The predicted molar refractivity (Wildman–Crippen MR) is 84.5 cm³/mol. The Morgan fingerprint density at radius 3 is 2.43 bits per heavy atom. The fourth-order valence-electron chi connectivity index (χ4n) is 1.86. The van der Waals surface area contributed by atoms with Gasteiger partial charge in [-0.1, -0.05) is 36.5 Å².